The molecule has 2 N–H and O–H groups in total. The topological polar surface area (TPSA) is 66.8 Å². The number of aliphatic hydroxyl groups is 2. The van der Waals surface area contributed by atoms with Crippen LogP contribution in [0.2, 0.25) is 0 Å². The van der Waals surface area contributed by atoms with Gasteiger partial charge < -0.3 is 14.9 Å². The smallest absolute Gasteiger partial charge is 0.363 e. The Balaban J connectivity index is 3.28. The molecule has 0 spiro atoms. The van der Waals surface area contributed by atoms with Gasteiger partial charge in [0.25, 0.3) is 6.29 Å². The van der Waals surface area contributed by atoms with Crippen molar-refractivity contribution in [3.63, 3.8) is 0 Å². The van der Waals surface area contributed by atoms with Crippen LogP contribution in [-0.2, 0) is 9.53 Å². The zero-order valence-corrected chi connectivity index (χ0v) is 5.20. The van der Waals surface area contributed by atoms with Crippen LogP contribution in [0, 0.1) is 0 Å². The maximum absolute atomic E-state index is 10.2. The van der Waals surface area contributed by atoms with Gasteiger partial charge in [-0.25, -0.2) is 4.79 Å². The largest absolute Gasteiger partial charge is 0.462 e. The minimum Gasteiger partial charge on any atom is -0.462 e. The highest BCUT2D eigenvalue weighted by molar-refractivity contribution is 5.72. The Kier molecular flexibility index (Phi) is 4.00. The molecule has 0 rings (SSSR count). The molecule has 0 aromatic rings. The lowest BCUT2D eigenvalue weighted by molar-refractivity contribution is -0.172. The van der Waals surface area contributed by atoms with Crippen molar-refractivity contribution in [1.82, 2.24) is 0 Å². The van der Waals surface area contributed by atoms with Crippen LogP contribution in [-0.4, -0.2) is 29.1 Å². The average Bonchev–Trinajstić information content (AvgIpc) is 1.82. The first-order valence-corrected chi connectivity index (χ1v) is 2.71. The molecule has 0 saturated heterocycles. The Morgan fingerprint density at radius 1 is 1.67 bits per heavy atom. The lowest BCUT2D eigenvalue weighted by atomic mass is 10.5. The van der Waals surface area contributed by atoms with Crippen LogP contribution in [0.4, 0.5) is 0 Å². The number of rotatable bonds is 3. The van der Waals surface area contributed by atoms with E-state index in [-0.39, 0.29) is 6.61 Å². The fourth-order valence-corrected chi connectivity index (χ4v) is 0.277. The van der Waals surface area contributed by atoms with Crippen LogP contribution in [0.15, 0.2) is 0 Å². The lowest BCUT2D eigenvalue weighted by Gasteiger charge is -2.02. The predicted molar refractivity (Wildman–Crippen MR) is 29.5 cm³/mol. The number of carbonyl (C=O) groups excluding carboxylic acids is 1. The Labute approximate surface area is 53.1 Å². The summed E-state index contributed by atoms with van der Waals surface area (Å²) in [6.07, 6.45) is -1.31. The van der Waals surface area contributed by atoms with Gasteiger partial charge in [0.15, 0.2) is 0 Å². The molecule has 0 bridgehead atoms. The first-order valence-electron chi connectivity index (χ1n) is 2.71. The summed E-state index contributed by atoms with van der Waals surface area (Å²) in [5, 5.41) is 16.3. The van der Waals surface area contributed by atoms with Crippen LogP contribution >= 0.6 is 0 Å². The van der Waals surface area contributed by atoms with Gasteiger partial charge in [-0.05, 0) is 6.42 Å². The summed E-state index contributed by atoms with van der Waals surface area (Å²) >= 11 is 0. The Morgan fingerprint density at radius 3 is 2.56 bits per heavy atom. The van der Waals surface area contributed by atoms with Crippen molar-refractivity contribution in [3.05, 3.63) is 0 Å². The number of hydrogen-bond donors (Lipinski definition) is 2. The molecule has 0 aromatic carbocycles. The molecule has 0 fully saturated rings. The second-order valence-electron chi connectivity index (χ2n) is 1.54. The summed E-state index contributed by atoms with van der Waals surface area (Å²) in [4.78, 5) is 10.2. The number of esters is 1. The van der Waals surface area contributed by atoms with Crippen LogP contribution in [0.5, 0.6) is 0 Å². The second kappa shape index (κ2) is 4.29. The van der Waals surface area contributed by atoms with E-state index in [2.05, 4.69) is 4.74 Å². The van der Waals surface area contributed by atoms with Gasteiger partial charge in [0.2, 0.25) is 0 Å². The normalized spacial score (nSPS) is 9.78. The van der Waals surface area contributed by atoms with Crippen molar-refractivity contribution in [1.29, 1.82) is 0 Å². The molecule has 0 aliphatic carbocycles. The molecule has 54 valence electrons. The summed E-state index contributed by atoms with van der Waals surface area (Å²) < 4.78 is 4.31. The minimum atomic E-state index is -1.99. The van der Waals surface area contributed by atoms with Crippen molar-refractivity contribution in [2.24, 2.45) is 0 Å². The van der Waals surface area contributed by atoms with Gasteiger partial charge in [-0.2, -0.15) is 0 Å². The molecule has 0 aromatic heterocycles. The first kappa shape index (κ1) is 8.39. The molecule has 0 aliphatic heterocycles. The van der Waals surface area contributed by atoms with Crippen LogP contribution < -0.4 is 0 Å². The van der Waals surface area contributed by atoms with Crippen molar-refractivity contribution in [2.45, 2.75) is 19.6 Å². The number of hydrogen-bond acceptors (Lipinski definition) is 4. The van der Waals surface area contributed by atoms with Gasteiger partial charge in [-0.15, -0.1) is 0 Å². The second-order valence-corrected chi connectivity index (χ2v) is 1.54. The minimum absolute atomic E-state index is 0.233. The van der Waals surface area contributed by atoms with Gasteiger partial charge in [0.05, 0.1) is 6.61 Å². The Bertz CT molecular complexity index is 89.0. The molecular formula is C5H10O4. The highest BCUT2D eigenvalue weighted by atomic mass is 16.6. The standard InChI is InChI=1S/C5H10O4/c1-2-3-9-5(8)4(6)7/h4,6-7H,2-3H2,1H3. The Hall–Kier alpha value is -0.610. The third kappa shape index (κ3) is 3.93. The van der Waals surface area contributed by atoms with E-state index in [1.54, 1.807) is 0 Å². The molecule has 0 radical (unpaired) electrons. The van der Waals surface area contributed by atoms with Gasteiger partial charge >= 0.3 is 5.97 Å². The van der Waals surface area contributed by atoms with Crippen molar-refractivity contribution in [3.8, 4) is 0 Å². The van der Waals surface area contributed by atoms with Gasteiger partial charge in [-0.3, -0.25) is 0 Å². The van der Waals surface area contributed by atoms with Gasteiger partial charge in [-0.1, -0.05) is 6.92 Å². The van der Waals surface area contributed by atoms with Crippen LogP contribution in [0.1, 0.15) is 13.3 Å². The summed E-state index contributed by atoms with van der Waals surface area (Å²) in [5.41, 5.74) is 0. The van der Waals surface area contributed by atoms with Crippen molar-refractivity contribution < 1.29 is 19.7 Å². The van der Waals surface area contributed by atoms with Gasteiger partial charge in [0, 0.05) is 0 Å². The van der Waals surface area contributed by atoms with E-state index in [4.69, 9.17) is 10.2 Å². The van der Waals surface area contributed by atoms with Gasteiger partial charge in [0.1, 0.15) is 0 Å². The quantitative estimate of drug-likeness (QED) is 0.393. The monoisotopic (exact) mass is 134 g/mol. The van der Waals surface area contributed by atoms with E-state index >= 15 is 0 Å². The SMILES string of the molecule is CCCOC(=O)C(O)O. The van der Waals surface area contributed by atoms with E-state index in [0.29, 0.717) is 6.42 Å². The fourth-order valence-electron chi connectivity index (χ4n) is 0.277. The predicted octanol–water partition coefficient (Wildman–Crippen LogP) is -0.750. The number of ether oxygens (including phenoxy) is 1. The maximum Gasteiger partial charge on any atom is 0.363 e. The summed E-state index contributed by atoms with van der Waals surface area (Å²) in [6, 6.07) is 0. The molecule has 0 atom stereocenters. The lowest BCUT2D eigenvalue weighted by Crippen LogP contribution is -2.22. The molecule has 9 heavy (non-hydrogen) atoms. The molecule has 0 saturated carbocycles. The van der Waals surface area contributed by atoms with E-state index in [1.807, 2.05) is 6.92 Å². The van der Waals surface area contributed by atoms with E-state index in [1.165, 1.54) is 0 Å². The summed E-state index contributed by atoms with van der Waals surface area (Å²) in [5.74, 6) is -0.989. The molecule has 4 heteroatoms. The van der Waals surface area contributed by atoms with Crippen molar-refractivity contribution >= 4 is 5.97 Å². The van der Waals surface area contributed by atoms with E-state index < -0.39 is 12.3 Å². The average molecular weight is 134 g/mol. The third-order valence-corrected chi connectivity index (χ3v) is 0.659. The van der Waals surface area contributed by atoms with E-state index in [9.17, 15) is 4.79 Å². The number of aliphatic hydroxyl groups excluding tert-OH is 1. The zero-order valence-electron chi connectivity index (χ0n) is 5.20. The Morgan fingerprint density at radius 2 is 2.22 bits per heavy atom. The molecule has 0 unspecified atom stereocenters. The highest BCUT2D eigenvalue weighted by Gasteiger charge is 2.10. The molecular weight excluding hydrogens is 124 g/mol. The number of carbonyl (C=O) groups is 1. The summed E-state index contributed by atoms with van der Waals surface area (Å²) in [6.45, 7) is 2.05. The van der Waals surface area contributed by atoms with E-state index in [0.717, 1.165) is 0 Å². The highest BCUT2D eigenvalue weighted by Crippen LogP contribution is 1.85. The molecule has 0 amide bonds. The van der Waals surface area contributed by atoms with Crippen molar-refractivity contribution in [2.75, 3.05) is 6.61 Å². The molecule has 0 aliphatic rings. The third-order valence-electron chi connectivity index (χ3n) is 0.659. The van der Waals surface area contributed by atoms with Crippen LogP contribution in [0.25, 0.3) is 0 Å². The molecule has 0 heterocycles. The zero-order chi connectivity index (χ0) is 7.28. The maximum atomic E-state index is 10.2. The molecule has 4 nitrogen and oxygen atoms in total. The first-order chi connectivity index (χ1) is 4.18. The fraction of sp³-hybridized carbons (Fsp3) is 0.800. The van der Waals surface area contributed by atoms with Crippen LogP contribution in [0.3, 0.4) is 0 Å². The summed E-state index contributed by atoms with van der Waals surface area (Å²) in [7, 11) is 0.